The van der Waals surface area contributed by atoms with Crippen LogP contribution in [0.2, 0.25) is 0 Å². The molecular formula is C22H25FN2O4. The standard InChI is InChI=1S/C22H25FN2O4/c1-15(16-6-8-17(9-7-16)20(26)27)24-21(28)22(10-12-29-13-11-22)25(2)19-5-3-4-18(23)14-19/h3-9,14-15H,10-13H2,1-2H3,(H,24,28)(H,26,27)/t15-/m0/s1. The first-order chi connectivity index (χ1) is 13.8. The van der Waals surface area contributed by atoms with Gasteiger partial charge < -0.3 is 20.1 Å². The van der Waals surface area contributed by atoms with Crippen LogP contribution in [0.3, 0.4) is 0 Å². The fourth-order valence-corrected chi connectivity index (χ4v) is 3.68. The van der Waals surface area contributed by atoms with E-state index in [1.807, 2.05) is 11.8 Å². The molecule has 1 amide bonds. The molecule has 0 radical (unpaired) electrons. The minimum atomic E-state index is -0.994. The van der Waals surface area contributed by atoms with E-state index >= 15 is 0 Å². The molecule has 1 heterocycles. The normalized spacial score (nSPS) is 16.7. The number of anilines is 1. The number of rotatable bonds is 6. The van der Waals surface area contributed by atoms with Crippen LogP contribution in [0, 0.1) is 5.82 Å². The second-order valence-electron chi connectivity index (χ2n) is 7.31. The molecule has 1 atom stereocenters. The van der Waals surface area contributed by atoms with Gasteiger partial charge in [0.1, 0.15) is 11.4 Å². The first kappa shape index (κ1) is 20.8. The number of ether oxygens (including phenoxy) is 1. The molecular weight excluding hydrogens is 375 g/mol. The summed E-state index contributed by atoms with van der Waals surface area (Å²) in [5.74, 6) is -1.52. The van der Waals surface area contributed by atoms with E-state index < -0.39 is 11.5 Å². The van der Waals surface area contributed by atoms with Crippen LogP contribution in [-0.2, 0) is 9.53 Å². The number of hydrogen-bond donors (Lipinski definition) is 2. The lowest BCUT2D eigenvalue weighted by molar-refractivity contribution is -0.130. The van der Waals surface area contributed by atoms with Crippen molar-refractivity contribution in [2.75, 3.05) is 25.2 Å². The van der Waals surface area contributed by atoms with Crippen LogP contribution in [0.15, 0.2) is 48.5 Å². The van der Waals surface area contributed by atoms with Crippen LogP contribution in [-0.4, -0.2) is 42.8 Å². The van der Waals surface area contributed by atoms with Crippen LogP contribution in [0.4, 0.5) is 10.1 Å². The number of likely N-dealkylation sites (N-methyl/N-ethyl adjacent to an activating group) is 1. The summed E-state index contributed by atoms with van der Waals surface area (Å²) in [4.78, 5) is 26.2. The van der Waals surface area contributed by atoms with Gasteiger partial charge in [-0.25, -0.2) is 9.18 Å². The first-order valence-corrected chi connectivity index (χ1v) is 9.55. The third-order valence-electron chi connectivity index (χ3n) is 5.59. The van der Waals surface area contributed by atoms with Crippen LogP contribution in [0.1, 0.15) is 41.7 Å². The zero-order valence-electron chi connectivity index (χ0n) is 16.5. The summed E-state index contributed by atoms with van der Waals surface area (Å²) in [7, 11) is 1.80. The highest BCUT2D eigenvalue weighted by atomic mass is 19.1. The number of carboxylic acid groups (broad SMARTS) is 1. The predicted octanol–water partition coefficient (Wildman–Crippen LogP) is 3.39. The Balaban J connectivity index is 1.82. The van der Waals surface area contributed by atoms with Gasteiger partial charge >= 0.3 is 5.97 Å². The number of nitrogens with zero attached hydrogens (tertiary/aromatic N) is 1. The van der Waals surface area contributed by atoms with Crippen molar-refractivity contribution in [3.8, 4) is 0 Å². The third kappa shape index (κ3) is 4.40. The second kappa shape index (κ2) is 8.61. The number of carbonyl (C=O) groups excluding carboxylic acids is 1. The topological polar surface area (TPSA) is 78.9 Å². The summed E-state index contributed by atoms with van der Waals surface area (Å²) in [5.41, 5.74) is 0.764. The molecule has 154 valence electrons. The Kier molecular flexibility index (Phi) is 6.17. The van der Waals surface area contributed by atoms with Crippen molar-refractivity contribution in [3.63, 3.8) is 0 Å². The van der Waals surface area contributed by atoms with E-state index in [0.29, 0.717) is 31.7 Å². The molecule has 2 aromatic carbocycles. The summed E-state index contributed by atoms with van der Waals surface area (Å²) in [6.07, 6.45) is 0.965. The highest BCUT2D eigenvalue weighted by molar-refractivity contribution is 5.90. The number of carboxylic acids is 1. The van der Waals surface area contributed by atoms with Crippen LogP contribution >= 0.6 is 0 Å². The number of aromatic carboxylic acids is 1. The molecule has 3 rings (SSSR count). The average molecular weight is 400 g/mol. The van der Waals surface area contributed by atoms with Gasteiger partial charge in [0.25, 0.3) is 0 Å². The van der Waals surface area contributed by atoms with Crippen LogP contribution in [0.25, 0.3) is 0 Å². The molecule has 0 saturated carbocycles. The minimum Gasteiger partial charge on any atom is -0.478 e. The van der Waals surface area contributed by atoms with Crippen LogP contribution < -0.4 is 10.2 Å². The molecule has 2 aromatic rings. The van der Waals surface area contributed by atoms with E-state index in [0.717, 1.165) is 5.56 Å². The van der Waals surface area contributed by atoms with E-state index in [4.69, 9.17) is 9.84 Å². The number of amides is 1. The highest BCUT2D eigenvalue weighted by Crippen LogP contribution is 2.33. The number of halogens is 1. The number of nitrogens with one attached hydrogen (secondary N) is 1. The van der Waals surface area contributed by atoms with Crippen molar-refractivity contribution < 1.29 is 23.8 Å². The van der Waals surface area contributed by atoms with Gasteiger partial charge in [-0.15, -0.1) is 0 Å². The van der Waals surface area contributed by atoms with Crippen molar-refractivity contribution in [1.82, 2.24) is 5.32 Å². The lowest BCUT2D eigenvalue weighted by Crippen LogP contribution is -2.60. The Bertz CT molecular complexity index is 879. The highest BCUT2D eigenvalue weighted by Gasteiger charge is 2.44. The summed E-state index contributed by atoms with van der Waals surface area (Å²) < 4.78 is 19.2. The van der Waals surface area contributed by atoms with E-state index in [1.54, 1.807) is 31.3 Å². The van der Waals surface area contributed by atoms with Crippen molar-refractivity contribution in [2.45, 2.75) is 31.3 Å². The fourth-order valence-electron chi connectivity index (χ4n) is 3.68. The molecule has 0 bridgehead atoms. The zero-order valence-corrected chi connectivity index (χ0v) is 16.5. The second-order valence-corrected chi connectivity index (χ2v) is 7.31. The maximum absolute atomic E-state index is 13.7. The number of carbonyl (C=O) groups is 2. The third-order valence-corrected chi connectivity index (χ3v) is 5.59. The monoisotopic (exact) mass is 400 g/mol. The molecule has 6 nitrogen and oxygen atoms in total. The number of hydrogen-bond acceptors (Lipinski definition) is 4. The Morgan fingerprint density at radius 1 is 1.17 bits per heavy atom. The molecule has 2 N–H and O–H groups in total. The van der Waals surface area contributed by atoms with Gasteiger partial charge in [-0.3, -0.25) is 4.79 Å². The largest absolute Gasteiger partial charge is 0.478 e. The number of benzene rings is 2. The molecule has 29 heavy (non-hydrogen) atoms. The maximum Gasteiger partial charge on any atom is 0.335 e. The minimum absolute atomic E-state index is 0.164. The molecule has 1 fully saturated rings. The smallest absolute Gasteiger partial charge is 0.335 e. The van der Waals surface area contributed by atoms with Crippen molar-refractivity contribution in [3.05, 3.63) is 65.5 Å². The molecule has 0 spiro atoms. The van der Waals surface area contributed by atoms with Gasteiger partial charge in [0, 0.05) is 38.8 Å². The van der Waals surface area contributed by atoms with Crippen LogP contribution in [0.5, 0.6) is 0 Å². The fraction of sp³-hybridized carbons (Fsp3) is 0.364. The SMILES string of the molecule is C[C@H](NC(=O)C1(N(C)c2cccc(F)c2)CCOCC1)c1ccc(C(=O)O)cc1. The van der Waals surface area contributed by atoms with E-state index in [2.05, 4.69) is 5.32 Å². The summed E-state index contributed by atoms with van der Waals surface area (Å²) >= 11 is 0. The Hall–Kier alpha value is -2.93. The zero-order chi connectivity index (χ0) is 21.0. The molecule has 1 aliphatic heterocycles. The Morgan fingerprint density at radius 3 is 2.41 bits per heavy atom. The van der Waals surface area contributed by atoms with E-state index in [1.165, 1.54) is 24.3 Å². The van der Waals surface area contributed by atoms with Gasteiger partial charge in [-0.05, 0) is 42.8 Å². The lowest BCUT2D eigenvalue weighted by atomic mass is 9.86. The summed E-state index contributed by atoms with van der Waals surface area (Å²) in [5, 5.41) is 12.1. The molecule has 1 saturated heterocycles. The average Bonchev–Trinajstić information content (AvgIpc) is 2.73. The predicted molar refractivity (Wildman–Crippen MR) is 108 cm³/mol. The molecule has 0 aliphatic carbocycles. The maximum atomic E-state index is 13.7. The molecule has 1 aliphatic rings. The van der Waals surface area contributed by atoms with Crippen molar-refractivity contribution in [1.29, 1.82) is 0 Å². The van der Waals surface area contributed by atoms with E-state index in [-0.39, 0.29) is 23.3 Å². The molecule has 0 aromatic heterocycles. The van der Waals surface area contributed by atoms with Crippen molar-refractivity contribution >= 4 is 17.6 Å². The van der Waals surface area contributed by atoms with E-state index in [9.17, 15) is 14.0 Å². The quantitative estimate of drug-likeness (QED) is 0.777. The summed E-state index contributed by atoms with van der Waals surface area (Å²) in [6.45, 7) is 2.73. The van der Waals surface area contributed by atoms with Gasteiger partial charge in [-0.2, -0.15) is 0 Å². The summed E-state index contributed by atoms with van der Waals surface area (Å²) in [6, 6.07) is 12.3. The molecule has 0 unspecified atom stereocenters. The first-order valence-electron chi connectivity index (χ1n) is 9.55. The Morgan fingerprint density at radius 2 is 1.83 bits per heavy atom. The van der Waals surface area contributed by atoms with Gasteiger partial charge in [0.15, 0.2) is 0 Å². The Labute approximate surface area is 169 Å². The lowest BCUT2D eigenvalue weighted by Gasteiger charge is -2.44. The van der Waals surface area contributed by atoms with Crippen molar-refractivity contribution in [2.24, 2.45) is 0 Å². The molecule has 7 heteroatoms. The van der Waals surface area contributed by atoms with Gasteiger partial charge in [0.2, 0.25) is 5.91 Å². The van der Waals surface area contributed by atoms with Gasteiger partial charge in [0.05, 0.1) is 11.6 Å². The van der Waals surface area contributed by atoms with Gasteiger partial charge in [-0.1, -0.05) is 18.2 Å².